The van der Waals surface area contributed by atoms with E-state index in [1.54, 1.807) is 0 Å². The molecule has 11 heavy (non-hydrogen) atoms. The number of rotatable bonds is 3. The summed E-state index contributed by atoms with van der Waals surface area (Å²) in [5.74, 6) is 0. The van der Waals surface area contributed by atoms with Gasteiger partial charge in [0.1, 0.15) is 0 Å². The highest BCUT2D eigenvalue weighted by Crippen LogP contribution is 2.03. The Bertz CT molecular complexity index is 149. The molecule has 3 heteroatoms. The Morgan fingerprint density at radius 1 is 1.36 bits per heavy atom. The lowest BCUT2D eigenvalue weighted by Crippen LogP contribution is -2.11. The second-order valence-electron chi connectivity index (χ2n) is 3.37. The van der Waals surface area contributed by atoms with Gasteiger partial charge in [-0.15, -0.1) is 0 Å². The van der Waals surface area contributed by atoms with Crippen LogP contribution >= 0.6 is 0 Å². The van der Waals surface area contributed by atoms with Crippen molar-refractivity contribution in [2.75, 3.05) is 20.1 Å². The summed E-state index contributed by atoms with van der Waals surface area (Å²) in [4.78, 5) is 8.05. The number of aliphatic imine (C=N–C) groups is 2. The van der Waals surface area contributed by atoms with E-state index in [1.165, 1.54) is 0 Å². The predicted octanol–water partition coefficient (Wildman–Crippen LogP) is 1.18. The monoisotopic (exact) mass is 155 g/mol. The quantitative estimate of drug-likeness (QED) is 0.482. The lowest BCUT2D eigenvalue weighted by molar-refractivity contribution is 0.586. The van der Waals surface area contributed by atoms with Gasteiger partial charge in [0.15, 0.2) is 0 Å². The van der Waals surface area contributed by atoms with Crippen LogP contribution in [0.2, 0.25) is 0 Å². The normalized spacial score (nSPS) is 10.5. The van der Waals surface area contributed by atoms with Crippen LogP contribution in [0.5, 0.6) is 0 Å². The minimum Gasteiger partial charge on any atom is -0.318 e. The van der Waals surface area contributed by atoms with Gasteiger partial charge in [0.2, 0.25) is 0 Å². The lowest BCUT2D eigenvalue weighted by atomic mass is 10.1. The number of likely N-dealkylation sites (N-methyl/N-ethyl adjacent to an activating group) is 1. The molecule has 0 aromatic heterocycles. The molecule has 0 aliphatic rings. The molecule has 64 valence electrons. The van der Waals surface area contributed by atoms with Crippen molar-refractivity contribution in [3.63, 3.8) is 0 Å². The number of hydrogen-bond donors (Lipinski definition) is 1. The van der Waals surface area contributed by atoms with Crippen molar-refractivity contribution in [1.82, 2.24) is 5.32 Å². The van der Waals surface area contributed by atoms with Crippen LogP contribution in [0, 0.1) is 0 Å². The maximum absolute atomic E-state index is 4.08. The molecule has 1 N–H and O–H groups in total. The molecule has 0 aromatic rings. The molecular formula is C8H17N3. The van der Waals surface area contributed by atoms with Gasteiger partial charge in [-0.2, -0.15) is 0 Å². The van der Waals surface area contributed by atoms with Gasteiger partial charge in [-0.3, -0.25) is 0 Å². The summed E-state index contributed by atoms with van der Waals surface area (Å²) < 4.78 is 0. The van der Waals surface area contributed by atoms with Gasteiger partial charge in [0.25, 0.3) is 0 Å². The van der Waals surface area contributed by atoms with Crippen LogP contribution in [-0.2, 0) is 0 Å². The van der Waals surface area contributed by atoms with Crippen LogP contribution in [0.4, 0.5) is 0 Å². The van der Waals surface area contributed by atoms with Gasteiger partial charge in [-0.25, -0.2) is 9.98 Å². The molecule has 0 amide bonds. The average Bonchev–Trinajstić information content (AvgIpc) is 1.85. The highest BCUT2D eigenvalue weighted by atomic mass is 14.9. The zero-order chi connectivity index (χ0) is 8.74. The van der Waals surface area contributed by atoms with Crippen LogP contribution < -0.4 is 5.32 Å². The fraction of sp³-hybridized carbons (Fsp3) is 0.875. The number of nitrogens with zero attached hydrogens (tertiary/aromatic N) is 2. The maximum atomic E-state index is 4.08. The highest BCUT2D eigenvalue weighted by molar-refractivity contribution is 5.42. The molecule has 0 rings (SSSR count). The van der Waals surface area contributed by atoms with Crippen molar-refractivity contribution in [3.8, 4) is 0 Å². The molecule has 0 heterocycles. The number of hydrogen-bond acceptors (Lipinski definition) is 3. The Morgan fingerprint density at radius 3 is 2.45 bits per heavy atom. The summed E-state index contributed by atoms with van der Waals surface area (Å²) in [5.41, 5.74) is -0.0524. The Kier molecular flexibility index (Phi) is 4.75. The second-order valence-corrected chi connectivity index (χ2v) is 3.37. The smallest absolute Gasteiger partial charge is 0.0898 e. The van der Waals surface area contributed by atoms with Gasteiger partial charge in [-0.05, 0) is 27.8 Å². The molecule has 0 aliphatic carbocycles. The topological polar surface area (TPSA) is 36.8 Å². The van der Waals surface area contributed by atoms with Gasteiger partial charge >= 0.3 is 0 Å². The fourth-order valence-corrected chi connectivity index (χ4v) is 0.403. The van der Waals surface area contributed by atoms with Gasteiger partial charge < -0.3 is 5.32 Å². The van der Waals surface area contributed by atoms with Crippen LogP contribution in [0.25, 0.3) is 0 Å². The minimum atomic E-state index is -0.0524. The number of nitrogens with one attached hydrogen (secondary N) is 1. The van der Waals surface area contributed by atoms with Crippen molar-refractivity contribution in [2.24, 2.45) is 9.98 Å². The molecule has 0 saturated heterocycles. The fourth-order valence-electron chi connectivity index (χ4n) is 0.403. The molecule has 0 saturated carbocycles. The first-order valence-corrected chi connectivity index (χ1v) is 3.84. The third kappa shape index (κ3) is 9.34. The predicted molar refractivity (Wildman–Crippen MR) is 48.4 cm³/mol. The first kappa shape index (κ1) is 10.3. The van der Waals surface area contributed by atoms with Crippen LogP contribution in [0.3, 0.4) is 0 Å². The van der Waals surface area contributed by atoms with Crippen molar-refractivity contribution in [2.45, 2.75) is 26.3 Å². The van der Waals surface area contributed by atoms with E-state index in [9.17, 15) is 0 Å². The van der Waals surface area contributed by atoms with Gasteiger partial charge in [-0.1, -0.05) is 0 Å². The Morgan fingerprint density at radius 2 is 2.00 bits per heavy atom. The first-order chi connectivity index (χ1) is 5.06. The van der Waals surface area contributed by atoms with E-state index in [0.717, 1.165) is 13.1 Å². The molecular weight excluding hydrogens is 138 g/mol. The molecule has 0 bridgehead atoms. The Hall–Kier alpha value is -0.660. The molecule has 3 nitrogen and oxygen atoms in total. The molecule has 0 aromatic carbocycles. The molecule has 0 spiro atoms. The minimum absolute atomic E-state index is 0.0524. The zero-order valence-electron chi connectivity index (χ0n) is 7.81. The van der Waals surface area contributed by atoms with Crippen LogP contribution in [0.1, 0.15) is 20.8 Å². The average molecular weight is 155 g/mol. The van der Waals surface area contributed by atoms with E-state index in [4.69, 9.17) is 0 Å². The Balaban J connectivity index is 3.64. The van der Waals surface area contributed by atoms with E-state index in [-0.39, 0.29) is 5.54 Å². The van der Waals surface area contributed by atoms with E-state index in [2.05, 4.69) is 21.3 Å². The summed E-state index contributed by atoms with van der Waals surface area (Å²) in [5, 5.41) is 2.99. The first-order valence-electron chi connectivity index (χ1n) is 3.84. The van der Waals surface area contributed by atoms with E-state index >= 15 is 0 Å². The van der Waals surface area contributed by atoms with Gasteiger partial charge in [0, 0.05) is 6.54 Å². The molecule has 0 fully saturated rings. The zero-order valence-corrected chi connectivity index (χ0v) is 7.81. The maximum Gasteiger partial charge on any atom is 0.0898 e. The van der Waals surface area contributed by atoms with Crippen molar-refractivity contribution in [3.05, 3.63) is 0 Å². The molecule has 0 radical (unpaired) electrons. The SMILES string of the molecule is CNCCN=C=NC(C)(C)C. The summed E-state index contributed by atoms with van der Waals surface area (Å²) >= 11 is 0. The van der Waals surface area contributed by atoms with Gasteiger partial charge in [0.05, 0.1) is 18.1 Å². The second kappa shape index (κ2) is 5.05. The van der Waals surface area contributed by atoms with E-state index in [0.29, 0.717) is 0 Å². The summed E-state index contributed by atoms with van der Waals surface area (Å²) in [6, 6.07) is 2.67. The van der Waals surface area contributed by atoms with Crippen molar-refractivity contribution in [1.29, 1.82) is 0 Å². The van der Waals surface area contributed by atoms with Crippen LogP contribution in [-0.4, -0.2) is 31.7 Å². The Labute approximate surface area is 68.6 Å². The third-order valence-electron chi connectivity index (χ3n) is 0.930. The standard InChI is InChI=1S/C8H17N3/c1-8(2,3)11-7-10-6-5-9-4/h9H,5-6H2,1-4H3. The van der Waals surface area contributed by atoms with Crippen molar-refractivity contribution < 1.29 is 0 Å². The molecule has 0 unspecified atom stereocenters. The molecule has 0 aliphatic heterocycles. The summed E-state index contributed by atoms with van der Waals surface area (Å²) in [6.45, 7) is 7.69. The highest BCUT2D eigenvalue weighted by Gasteiger charge is 2.03. The largest absolute Gasteiger partial charge is 0.318 e. The summed E-state index contributed by atoms with van der Waals surface area (Å²) in [6.07, 6.45) is 0. The molecule has 0 atom stereocenters. The lowest BCUT2D eigenvalue weighted by Gasteiger charge is -2.06. The van der Waals surface area contributed by atoms with Crippen LogP contribution in [0.15, 0.2) is 9.98 Å². The third-order valence-corrected chi connectivity index (χ3v) is 0.930. The summed E-state index contributed by atoms with van der Waals surface area (Å²) in [7, 11) is 1.90. The van der Waals surface area contributed by atoms with Crippen molar-refractivity contribution >= 4 is 6.01 Å². The van der Waals surface area contributed by atoms with E-state index < -0.39 is 0 Å². The van der Waals surface area contributed by atoms with E-state index in [1.807, 2.05) is 27.8 Å².